The summed E-state index contributed by atoms with van der Waals surface area (Å²) >= 11 is 0. The number of hydrogen-bond donors (Lipinski definition) is 1. The van der Waals surface area contributed by atoms with Gasteiger partial charge in [-0.1, -0.05) is 18.2 Å². The van der Waals surface area contributed by atoms with Gasteiger partial charge in [-0.15, -0.1) is 0 Å². The number of ether oxygens (including phenoxy) is 1. The first-order chi connectivity index (χ1) is 16.0. The summed E-state index contributed by atoms with van der Waals surface area (Å²) in [6.07, 6.45) is 5.82. The van der Waals surface area contributed by atoms with Crippen LogP contribution in [0.25, 0.3) is 10.9 Å². The first kappa shape index (κ1) is 20.6. The zero-order chi connectivity index (χ0) is 22.8. The molecule has 8 nitrogen and oxygen atoms in total. The van der Waals surface area contributed by atoms with E-state index < -0.39 is 0 Å². The molecule has 0 amide bonds. The van der Waals surface area contributed by atoms with E-state index in [1.54, 1.807) is 9.36 Å². The van der Waals surface area contributed by atoms with Gasteiger partial charge in [-0.25, -0.2) is 0 Å². The fourth-order valence-corrected chi connectivity index (χ4v) is 3.88. The molecule has 0 aliphatic rings. The minimum Gasteiger partial charge on any atom is -0.456 e. The minimum atomic E-state index is -0.201. The molecule has 3 heterocycles. The molecule has 0 saturated heterocycles. The SMILES string of the molecule is Cn1cc(CN(Cc2ccn(C)n2)c2cccc(Oc3cc(=O)[nH]c4ccccc34)c2)cn1. The standard InChI is InChI=1S/C25H24N6O2/c1-29-11-10-19(28-29)17-31(16-18-14-26-30(2)15-18)20-6-5-7-21(12-20)33-24-13-25(32)27-23-9-4-3-8-22(23)24/h3-15H,16-17H2,1-2H3,(H,27,32). The third-order valence-electron chi connectivity index (χ3n) is 5.38. The van der Waals surface area contributed by atoms with Crippen LogP contribution in [-0.2, 0) is 27.2 Å². The van der Waals surface area contributed by atoms with Crippen molar-refractivity contribution in [3.05, 3.63) is 101 Å². The average molecular weight is 441 g/mol. The predicted molar refractivity (Wildman–Crippen MR) is 127 cm³/mol. The lowest BCUT2D eigenvalue weighted by atomic mass is 10.2. The molecule has 0 saturated carbocycles. The second kappa shape index (κ2) is 8.66. The second-order valence-electron chi connectivity index (χ2n) is 8.00. The Labute approximate surface area is 190 Å². The molecular formula is C25H24N6O2. The molecule has 166 valence electrons. The van der Waals surface area contributed by atoms with Crippen LogP contribution in [0.5, 0.6) is 11.5 Å². The van der Waals surface area contributed by atoms with E-state index in [1.807, 2.05) is 87.3 Å². The van der Waals surface area contributed by atoms with E-state index in [4.69, 9.17) is 4.74 Å². The first-order valence-electron chi connectivity index (χ1n) is 10.6. The molecule has 2 aromatic carbocycles. The lowest BCUT2D eigenvalue weighted by Crippen LogP contribution is -2.22. The maximum Gasteiger partial charge on any atom is 0.252 e. The molecule has 0 aliphatic heterocycles. The second-order valence-corrected chi connectivity index (χ2v) is 8.00. The summed E-state index contributed by atoms with van der Waals surface area (Å²) in [7, 11) is 3.82. The van der Waals surface area contributed by atoms with Gasteiger partial charge in [0.2, 0.25) is 0 Å². The van der Waals surface area contributed by atoms with Gasteiger partial charge >= 0.3 is 0 Å². The fraction of sp³-hybridized carbons (Fsp3) is 0.160. The normalized spacial score (nSPS) is 11.1. The maximum atomic E-state index is 12.1. The molecule has 0 aliphatic carbocycles. The van der Waals surface area contributed by atoms with Gasteiger partial charge in [-0.05, 0) is 30.3 Å². The molecule has 0 bridgehead atoms. The third kappa shape index (κ3) is 4.64. The monoisotopic (exact) mass is 440 g/mol. The highest BCUT2D eigenvalue weighted by molar-refractivity contribution is 5.84. The van der Waals surface area contributed by atoms with Gasteiger partial charge in [0.05, 0.1) is 24.0 Å². The van der Waals surface area contributed by atoms with E-state index in [2.05, 4.69) is 20.1 Å². The number of benzene rings is 2. The van der Waals surface area contributed by atoms with Gasteiger partial charge in [0.1, 0.15) is 11.5 Å². The number of anilines is 1. The fourth-order valence-electron chi connectivity index (χ4n) is 3.88. The van der Waals surface area contributed by atoms with Gasteiger partial charge in [-0.3, -0.25) is 14.2 Å². The molecule has 5 aromatic rings. The van der Waals surface area contributed by atoms with E-state index in [9.17, 15) is 4.79 Å². The predicted octanol–water partition coefficient (Wildman–Crippen LogP) is 3.99. The van der Waals surface area contributed by atoms with E-state index in [-0.39, 0.29) is 5.56 Å². The highest BCUT2D eigenvalue weighted by Crippen LogP contribution is 2.30. The summed E-state index contributed by atoms with van der Waals surface area (Å²) in [5.74, 6) is 1.18. The van der Waals surface area contributed by atoms with Crippen molar-refractivity contribution >= 4 is 16.6 Å². The molecule has 33 heavy (non-hydrogen) atoms. The molecule has 1 N–H and O–H groups in total. The number of pyridine rings is 1. The van der Waals surface area contributed by atoms with Crippen molar-refractivity contribution < 1.29 is 4.74 Å². The quantitative estimate of drug-likeness (QED) is 0.414. The zero-order valence-corrected chi connectivity index (χ0v) is 18.5. The van der Waals surface area contributed by atoms with Crippen LogP contribution < -0.4 is 15.2 Å². The summed E-state index contributed by atoms with van der Waals surface area (Å²) < 4.78 is 9.79. The number of H-pyrrole nitrogens is 1. The van der Waals surface area contributed by atoms with Crippen molar-refractivity contribution in [1.29, 1.82) is 0 Å². The Bertz CT molecular complexity index is 1420. The van der Waals surface area contributed by atoms with E-state index >= 15 is 0 Å². The minimum absolute atomic E-state index is 0.201. The summed E-state index contributed by atoms with van der Waals surface area (Å²) in [5, 5.41) is 9.69. The Morgan fingerprint density at radius 2 is 1.88 bits per heavy atom. The van der Waals surface area contributed by atoms with Crippen LogP contribution in [0.3, 0.4) is 0 Å². The van der Waals surface area contributed by atoms with Gasteiger partial charge in [0.25, 0.3) is 5.56 Å². The van der Waals surface area contributed by atoms with Crippen molar-refractivity contribution in [2.45, 2.75) is 13.1 Å². The highest BCUT2D eigenvalue weighted by Gasteiger charge is 2.13. The number of para-hydroxylation sites is 1. The van der Waals surface area contributed by atoms with Crippen LogP contribution in [0.1, 0.15) is 11.3 Å². The van der Waals surface area contributed by atoms with Crippen LogP contribution in [0, 0.1) is 0 Å². The molecular weight excluding hydrogens is 416 g/mol. The molecule has 0 spiro atoms. The van der Waals surface area contributed by atoms with Crippen LogP contribution >= 0.6 is 0 Å². The summed E-state index contributed by atoms with van der Waals surface area (Å²) in [4.78, 5) is 17.2. The smallest absolute Gasteiger partial charge is 0.252 e. The van der Waals surface area contributed by atoms with Gasteiger partial charge in [-0.2, -0.15) is 10.2 Å². The van der Waals surface area contributed by atoms with E-state index in [1.165, 1.54) is 6.07 Å². The number of rotatable bonds is 7. The lowest BCUT2D eigenvalue weighted by molar-refractivity contribution is 0.487. The Kier molecular flexibility index (Phi) is 5.40. The molecule has 8 heteroatoms. The van der Waals surface area contributed by atoms with Crippen LogP contribution in [0.4, 0.5) is 5.69 Å². The van der Waals surface area contributed by atoms with Crippen molar-refractivity contribution in [2.24, 2.45) is 14.1 Å². The summed E-state index contributed by atoms with van der Waals surface area (Å²) in [5.41, 5.74) is 3.59. The molecule has 0 unspecified atom stereocenters. The van der Waals surface area contributed by atoms with Crippen LogP contribution in [0.2, 0.25) is 0 Å². The largest absolute Gasteiger partial charge is 0.456 e. The maximum absolute atomic E-state index is 12.1. The molecule has 0 fully saturated rings. The van der Waals surface area contributed by atoms with Crippen molar-refractivity contribution in [3.63, 3.8) is 0 Å². The third-order valence-corrected chi connectivity index (χ3v) is 5.38. The number of nitrogens with one attached hydrogen (secondary N) is 1. The first-order valence-corrected chi connectivity index (χ1v) is 10.6. The van der Waals surface area contributed by atoms with Gasteiger partial charge in [0, 0.05) is 61.8 Å². The van der Waals surface area contributed by atoms with Crippen molar-refractivity contribution in [3.8, 4) is 11.5 Å². The Morgan fingerprint density at radius 3 is 2.67 bits per heavy atom. The van der Waals surface area contributed by atoms with E-state index in [0.717, 1.165) is 27.8 Å². The molecule has 0 radical (unpaired) electrons. The van der Waals surface area contributed by atoms with Gasteiger partial charge in [0.15, 0.2) is 0 Å². The van der Waals surface area contributed by atoms with E-state index in [0.29, 0.717) is 24.6 Å². The Morgan fingerprint density at radius 1 is 1.00 bits per heavy atom. The average Bonchev–Trinajstić information content (AvgIpc) is 3.40. The van der Waals surface area contributed by atoms with Crippen molar-refractivity contribution in [1.82, 2.24) is 24.5 Å². The Balaban J connectivity index is 1.47. The van der Waals surface area contributed by atoms with Gasteiger partial charge < -0.3 is 14.6 Å². The number of aryl methyl sites for hydroxylation is 2. The topological polar surface area (TPSA) is 81.0 Å². The zero-order valence-electron chi connectivity index (χ0n) is 18.5. The Hall–Kier alpha value is -4.33. The molecule has 5 rings (SSSR count). The number of aromatic nitrogens is 5. The molecule has 3 aromatic heterocycles. The lowest BCUT2D eigenvalue weighted by Gasteiger charge is -2.24. The van der Waals surface area contributed by atoms with Crippen LogP contribution in [-0.4, -0.2) is 24.5 Å². The highest BCUT2D eigenvalue weighted by atomic mass is 16.5. The number of aromatic amines is 1. The molecule has 0 atom stereocenters. The van der Waals surface area contributed by atoms with Crippen LogP contribution in [0.15, 0.2) is 84.0 Å². The summed E-state index contributed by atoms with van der Waals surface area (Å²) in [6, 6.07) is 19.0. The number of fused-ring (bicyclic) bond motifs is 1. The summed E-state index contributed by atoms with van der Waals surface area (Å²) in [6.45, 7) is 1.30. The number of nitrogens with zero attached hydrogens (tertiary/aromatic N) is 5. The van der Waals surface area contributed by atoms with Crippen molar-refractivity contribution in [2.75, 3.05) is 4.90 Å². The number of hydrogen-bond acceptors (Lipinski definition) is 5.